The summed E-state index contributed by atoms with van der Waals surface area (Å²) in [5.41, 5.74) is 0. The van der Waals surface area contributed by atoms with Gasteiger partial charge in [0.2, 0.25) is 0 Å². The molecule has 0 unspecified atom stereocenters. The zero-order chi connectivity index (χ0) is 23.1. The molecular weight excluding hydrogens is 490 g/mol. The van der Waals surface area contributed by atoms with Crippen molar-refractivity contribution in [2.75, 3.05) is 11.9 Å². The largest absolute Gasteiger partial charge is 0.490 e. The van der Waals surface area contributed by atoms with E-state index >= 15 is 0 Å². The Labute approximate surface area is 185 Å². The van der Waals surface area contributed by atoms with E-state index in [1.807, 2.05) is 0 Å². The predicted molar refractivity (Wildman–Crippen MR) is 103 cm³/mol. The molecule has 13 heteroatoms. The van der Waals surface area contributed by atoms with Crippen LogP contribution in [0.15, 0.2) is 68.1 Å². The zero-order valence-corrected chi connectivity index (χ0v) is 17.6. The van der Waals surface area contributed by atoms with Gasteiger partial charge in [0, 0.05) is 19.6 Å². The summed E-state index contributed by atoms with van der Waals surface area (Å²) < 4.78 is 80.5. The lowest BCUT2D eigenvalue weighted by atomic mass is 10.4. The minimum absolute atomic E-state index is 0.470. The van der Waals surface area contributed by atoms with E-state index in [4.69, 9.17) is 0 Å². The van der Waals surface area contributed by atoms with Crippen molar-refractivity contribution in [2.24, 2.45) is 0 Å². The molecule has 2 aromatic rings. The number of carbonyl (C=O) groups is 2. The van der Waals surface area contributed by atoms with Crippen LogP contribution in [0, 0.1) is 0 Å². The highest BCUT2D eigenvalue weighted by Crippen LogP contribution is 2.31. The highest BCUT2D eigenvalue weighted by Gasteiger charge is 2.41. The van der Waals surface area contributed by atoms with Gasteiger partial charge in [0.15, 0.2) is 0 Å². The van der Waals surface area contributed by atoms with Crippen molar-refractivity contribution in [3.05, 3.63) is 48.5 Å². The van der Waals surface area contributed by atoms with Gasteiger partial charge in [-0.3, -0.25) is 0 Å². The first-order valence-electron chi connectivity index (χ1n) is 8.06. The summed E-state index contributed by atoms with van der Waals surface area (Å²) in [6.45, 7) is 0. The van der Waals surface area contributed by atoms with Gasteiger partial charge in [0.1, 0.15) is 11.9 Å². The summed E-state index contributed by atoms with van der Waals surface area (Å²) in [4.78, 5) is 24.1. The number of hydrogen-bond donors (Lipinski definition) is 0. The number of ether oxygens (including phenoxy) is 2. The minimum atomic E-state index is -5.03. The van der Waals surface area contributed by atoms with E-state index in [1.165, 1.54) is 11.8 Å². The molecule has 0 spiro atoms. The number of thioether (sulfide) groups is 2. The lowest BCUT2D eigenvalue weighted by Gasteiger charge is -2.08. The van der Waals surface area contributed by atoms with Crippen LogP contribution in [-0.4, -0.2) is 36.2 Å². The molecule has 0 saturated heterocycles. The average Bonchev–Trinajstić information content (AvgIpc) is 2.69. The lowest BCUT2D eigenvalue weighted by Crippen LogP contribution is -2.25. The minimum Gasteiger partial charge on any atom is -0.448 e. The lowest BCUT2D eigenvalue weighted by molar-refractivity contribution is -0.197. The molecular formula is C18H12F6O4S3. The van der Waals surface area contributed by atoms with E-state index in [0.29, 0.717) is 9.79 Å². The van der Waals surface area contributed by atoms with Gasteiger partial charge in [0.25, 0.3) is 0 Å². The van der Waals surface area contributed by atoms with Gasteiger partial charge in [-0.05, 0) is 48.5 Å². The molecule has 2 rings (SSSR count). The molecule has 0 bridgehead atoms. The third-order valence-electron chi connectivity index (χ3n) is 3.18. The average molecular weight is 502 g/mol. The summed E-state index contributed by atoms with van der Waals surface area (Å²) in [7, 11) is 0. The summed E-state index contributed by atoms with van der Waals surface area (Å²) in [6.07, 6.45) is -10.1. The fraction of sp³-hybridized carbons (Fsp3) is 0.222. The van der Waals surface area contributed by atoms with E-state index in [0.717, 1.165) is 33.3 Å². The topological polar surface area (TPSA) is 52.6 Å². The molecule has 31 heavy (non-hydrogen) atoms. The van der Waals surface area contributed by atoms with Gasteiger partial charge in [0.05, 0.1) is 0 Å². The maximum absolute atomic E-state index is 12.0. The third-order valence-corrected chi connectivity index (χ3v) is 5.88. The molecule has 0 amide bonds. The molecule has 0 aliphatic rings. The van der Waals surface area contributed by atoms with Gasteiger partial charge in [-0.1, -0.05) is 35.3 Å². The van der Waals surface area contributed by atoms with E-state index in [9.17, 15) is 35.9 Å². The smallest absolute Gasteiger partial charge is 0.448 e. The second-order valence-corrected chi connectivity index (χ2v) is 8.57. The van der Waals surface area contributed by atoms with E-state index in [-0.39, 0.29) is 0 Å². The molecule has 0 fully saturated rings. The molecule has 0 radical (unpaired) electrons. The first kappa shape index (κ1) is 25.3. The first-order valence-corrected chi connectivity index (χ1v) is 10.9. The quantitative estimate of drug-likeness (QED) is 0.186. The zero-order valence-electron chi connectivity index (χ0n) is 15.2. The summed E-state index contributed by atoms with van der Waals surface area (Å²) in [6, 6.07) is 13.6. The maximum atomic E-state index is 12.0. The van der Waals surface area contributed by atoms with Gasteiger partial charge in [-0.2, -0.15) is 26.3 Å². The Balaban J connectivity index is 1.79. The van der Waals surface area contributed by atoms with Crippen molar-refractivity contribution in [1.82, 2.24) is 0 Å². The van der Waals surface area contributed by atoms with Crippen molar-refractivity contribution < 1.29 is 45.4 Å². The normalized spacial score (nSPS) is 11.8. The summed E-state index contributed by atoms with van der Waals surface area (Å²) in [5.74, 6) is -5.43. The Morgan fingerprint density at radius 2 is 0.903 bits per heavy atom. The van der Waals surface area contributed by atoms with Crippen LogP contribution < -0.4 is 0 Å². The molecule has 0 heterocycles. The Kier molecular flexibility index (Phi) is 9.01. The van der Waals surface area contributed by atoms with Gasteiger partial charge >= 0.3 is 24.3 Å². The second-order valence-electron chi connectivity index (χ2n) is 5.43. The van der Waals surface area contributed by atoms with Crippen LogP contribution in [0.2, 0.25) is 0 Å². The van der Waals surface area contributed by atoms with Gasteiger partial charge in [-0.25, -0.2) is 9.59 Å². The number of alkyl halides is 6. The Morgan fingerprint density at radius 3 is 1.19 bits per heavy atom. The van der Waals surface area contributed by atoms with Crippen molar-refractivity contribution in [2.45, 2.75) is 31.9 Å². The SMILES string of the molecule is O=C(OCSc1ccc(Sc2ccc(SCOC(=O)C(F)(F)F)cc2)cc1)C(F)(F)F. The van der Waals surface area contributed by atoms with Crippen LogP contribution >= 0.6 is 35.3 Å². The number of rotatable bonds is 8. The van der Waals surface area contributed by atoms with Gasteiger partial charge < -0.3 is 9.47 Å². The van der Waals surface area contributed by atoms with E-state index < -0.39 is 36.2 Å². The fourth-order valence-electron chi connectivity index (χ4n) is 1.81. The monoisotopic (exact) mass is 502 g/mol. The number of carbonyl (C=O) groups excluding carboxylic acids is 2. The number of esters is 2. The van der Waals surface area contributed by atoms with Crippen molar-refractivity contribution in [1.29, 1.82) is 0 Å². The highest BCUT2D eigenvalue weighted by molar-refractivity contribution is 8.00. The third kappa shape index (κ3) is 8.95. The molecule has 0 saturated carbocycles. The van der Waals surface area contributed by atoms with Crippen LogP contribution in [0.5, 0.6) is 0 Å². The molecule has 168 valence electrons. The standard InChI is InChI=1S/C18H12F6O4S3/c19-17(20,21)15(25)27-9-29-11-1-5-13(6-2-11)31-14-7-3-12(4-8-14)30-10-28-16(26)18(22,23)24/h1-8H,9-10H2. The number of hydrogen-bond acceptors (Lipinski definition) is 7. The van der Waals surface area contributed by atoms with Gasteiger partial charge in [-0.15, -0.1) is 0 Å². The van der Waals surface area contributed by atoms with Crippen LogP contribution in [0.25, 0.3) is 0 Å². The van der Waals surface area contributed by atoms with Crippen molar-refractivity contribution in [3.8, 4) is 0 Å². The summed E-state index contributed by atoms with van der Waals surface area (Å²) in [5, 5.41) is 0. The van der Waals surface area contributed by atoms with Crippen molar-refractivity contribution in [3.63, 3.8) is 0 Å². The number of benzene rings is 2. The first-order chi connectivity index (χ1) is 14.4. The second kappa shape index (κ2) is 11.0. The van der Waals surface area contributed by atoms with Crippen molar-refractivity contribution >= 4 is 47.2 Å². The molecule has 0 aliphatic carbocycles. The summed E-state index contributed by atoms with van der Waals surface area (Å²) >= 11 is 3.25. The highest BCUT2D eigenvalue weighted by atomic mass is 32.2. The molecule has 2 aromatic carbocycles. The van der Waals surface area contributed by atoms with Crippen LogP contribution in [0.1, 0.15) is 0 Å². The molecule has 4 nitrogen and oxygen atoms in total. The van der Waals surface area contributed by atoms with E-state index in [2.05, 4.69) is 9.47 Å². The van der Waals surface area contributed by atoms with Crippen LogP contribution in [0.4, 0.5) is 26.3 Å². The fourth-order valence-corrected chi connectivity index (χ4v) is 3.89. The Morgan fingerprint density at radius 1 is 0.613 bits per heavy atom. The Hall–Kier alpha value is -1.99. The predicted octanol–water partition coefficient (Wildman–Crippen LogP) is 6.15. The molecule has 0 aromatic heterocycles. The molecule has 0 N–H and O–H groups in total. The molecule has 0 atom stereocenters. The van der Waals surface area contributed by atoms with Crippen LogP contribution in [0.3, 0.4) is 0 Å². The van der Waals surface area contributed by atoms with E-state index in [1.54, 1.807) is 48.5 Å². The molecule has 0 aliphatic heterocycles. The Bertz CT molecular complexity index is 810. The number of halogens is 6. The maximum Gasteiger partial charge on any atom is 0.490 e. The van der Waals surface area contributed by atoms with Crippen LogP contribution in [-0.2, 0) is 19.1 Å².